The molecule has 0 spiro atoms. The number of aromatic nitrogens is 8. The Morgan fingerprint density at radius 3 is 2.46 bits per heavy atom. The van der Waals surface area contributed by atoms with Crippen LogP contribution in [0, 0.1) is 6.92 Å². The van der Waals surface area contributed by atoms with Crippen molar-refractivity contribution in [1.82, 2.24) is 34.9 Å². The molecule has 0 aliphatic heterocycles. The molecule has 0 saturated carbocycles. The average Bonchev–Trinajstić information content (AvgIpc) is 3.25. The highest BCUT2D eigenvalue weighted by molar-refractivity contribution is 5.43. The Kier molecular flexibility index (Phi) is 3.77. The van der Waals surface area contributed by atoms with Gasteiger partial charge in [-0.15, -0.1) is 9.36 Å². The molecule has 10 heteroatoms. The second kappa shape index (κ2) is 6.24. The van der Waals surface area contributed by atoms with Crippen molar-refractivity contribution in [3.05, 3.63) is 60.4 Å². The fourth-order valence-electron chi connectivity index (χ4n) is 2.66. The molecule has 0 saturated heterocycles. The SMILES string of the molecule is Cc1cc(-n2cc[n+](Cc3cc(-n4nccn4)cc(N)n3)n2)cc(N)n1. The van der Waals surface area contributed by atoms with E-state index in [1.54, 1.807) is 33.9 Å². The third-order valence-electron chi connectivity index (χ3n) is 3.67. The lowest BCUT2D eigenvalue weighted by Crippen LogP contribution is -2.37. The topological polar surface area (TPSA) is 130 Å². The van der Waals surface area contributed by atoms with Crippen molar-refractivity contribution in [2.45, 2.75) is 13.5 Å². The van der Waals surface area contributed by atoms with Gasteiger partial charge in [0.25, 0.3) is 0 Å². The van der Waals surface area contributed by atoms with Crippen molar-refractivity contribution in [2.75, 3.05) is 11.5 Å². The molecule has 4 N–H and O–H groups in total. The molecule has 0 unspecified atom stereocenters. The Hall–Kier alpha value is -3.82. The number of nitrogens with zero attached hydrogens (tertiary/aromatic N) is 8. The Labute approximate surface area is 148 Å². The minimum absolute atomic E-state index is 0.396. The van der Waals surface area contributed by atoms with Crippen molar-refractivity contribution >= 4 is 11.6 Å². The maximum absolute atomic E-state index is 5.91. The van der Waals surface area contributed by atoms with Gasteiger partial charge in [-0.25, -0.2) is 9.97 Å². The lowest BCUT2D eigenvalue weighted by Gasteiger charge is -2.04. The Bertz CT molecular complexity index is 1030. The number of rotatable bonds is 4. The second-order valence-corrected chi connectivity index (χ2v) is 5.78. The van der Waals surface area contributed by atoms with Crippen LogP contribution in [0.4, 0.5) is 11.6 Å². The van der Waals surface area contributed by atoms with Crippen LogP contribution in [0.2, 0.25) is 0 Å². The summed E-state index contributed by atoms with van der Waals surface area (Å²) in [6.07, 6.45) is 6.91. The van der Waals surface area contributed by atoms with E-state index in [1.807, 2.05) is 31.5 Å². The molecule has 0 radical (unpaired) electrons. The van der Waals surface area contributed by atoms with Gasteiger partial charge in [0.1, 0.15) is 11.6 Å². The molecule has 4 rings (SSSR count). The first-order chi connectivity index (χ1) is 12.6. The van der Waals surface area contributed by atoms with Crippen molar-refractivity contribution < 1.29 is 4.68 Å². The summed E-state index contributed by atoms with van der Waals surface area (Å²) in [5.74, 6) is 0.850. The number of aryl methyl sites for hydroxylation is 1. The van der Waals surface area contributed by atoms with Gasteiger partial charge < -0.3 is 11.5 Å². The van der Waals surface area contributed by atoms with Crippen molar-refractivity contribution in [3.8, 4) is 11.4 Å². The predicted molar refractivity (Wildman–Crippen MR) is 93.4 cm³/mol. The van der Waals surface area contributed by atoms with Crippen LogP contribution in [0.3, 0.4) is 0 Å². The lowest BCUT2D eigenvalue weighted by molar-refractivity contribution is -0.747. The summed E-state index contributed by atoms with van der Waals surface area (Å²) in [4.78, 5) is 10.0. The first-order valence-corrected chi connectivity index (χ1v) is 7.90. The van der Waals surface area contributed by atoms with Gasteiger partial charge in [-0.2, -0.15) is 15.0 Å². The fraction of sp³-hybridized carbons (Fsp3) is 0.125. The molecule has 10 nitrogen and oxygen atoms in total. The normalized spacial score (nSPS) is 11.0. The summed E-state index contributed by atoms with van der Waals surface area (Å²) in [5, 5.41) is 12.7. The summed E-state index contributed by atoms with van der Waals surface area (Å²) in [7, 11) is 0. The zero-order valence-corrected chi connectivity index (χ0v) is 14.1. The monoisotopic (exact) mass is 349 g/mol. The molecule has 0 aromatic carbocycles. The molecule has 0 aliphatic carbocycles. The number of hydrogen-bond acceptors (Lipinski definition) is 7. The number of nitrogen functional groups attached to an aromatic ring is 2. The quantitative estimate of drug-likeness (QED) is 0.498. The standard InChI is InChI=1S/C16H17N10/c1-11-6-13(8-15(17)21-11)25-5-4-24(23-25)10-12-7-14(9-16(18)22-12)26-19-2-3-20-26/h2-9H,10H2,1H3,(H2,17,21)(H2,18,22)/q+1. The molecule has 4 aromatic rings. The Morgan fingerprint density at radius 2 is 1.69 bits per heavy atom. The van der Waals surface area contributed by atoms with Gasteiger partial charge in [-0.1, -0.05) is 0 Å². The molecule has 130 valence electrons. The van der Waals surface area contributed by atoms with Gasteiger partial charge in [0.15, 0.2) is 24.6 Å². The molecule has 4 aromatic heterocycles. The summed E-state index contributed by atoms with van der Waals surface area (Å²) in [6, 6.07) is 7.27. The third kappa shape index (κ3) is 3.20. The van der Waals surface area contributed by atoms with Gasteiger partial charge in [0.2, 0.25) is 0 Å². The number of hydrogen-bond donors (Lipinski definition) is 2. The first-order valence-electron chi connectivity index (χ1n) is 7.90. The van der Waals surface area contributed by atoms with Crippen LogP contribution >= 0.6 is 0 Å². The van der Waals surface area contributed by atoms with Crippen LogP contribution in [0.15, 0.2) is 49.1 Å². The van der Waals surface area contributed by atoms with Crippen LogP contribution in [-0.4, -0.2) is 34.9 Å². The molecule has 0 bridgehead atoms. The minimum Gasteiger partial charge on any atom is -0.384 e. The predicted octanol–water partition coefficient (Wildman–Crippen LogP) is 0.0516. The average molecular weight is 349 g/mol. The number of pyridine rings is 2. The van der Waals surface area contributed by atoms with Crippen molar-refractivity contribution in [1.29, 1.82) is 0 Å². The minimum atomic E-state index is 0.396. The molecule has 0 atom stereocenters. The van der Waals surface area contributed by atoms with Crippen LogP contribution in [-0.2, 0) is 6.54 Å². The number of anilines is 2. The van der Waals surface area contributed by atoms with Gasteiger partial charge in [0.05, 0.1) is 29.0 Å². The maximum Gasteiger partial charge on any atom is 0.161 e. The van der Waals surface area contributed by atoms with E-state index in [4.69, 9.17) is 11.5 Å². The van der Waals surface area contributed by atoms with Gasteiger partial charge in [0, 0.05) is 23.9 Å². The second-order valence-electron chi connectivity index (χ2n) is 5.78. The molecule has 0 fully saturated rings. The molecule has 4 heterocycles. The third-order valence-corrected chi connectivity index (χ3v) is 3.67. The highest BCUT2D eigenvalue weighted by Crippen LogP contribution is 2.12. The van der Waals surface area contributed by atoms with E-state index in [0.717, 1.165) is 22.8 Å². The molecule has 26 heavy (non-hydrogen) atoms. The van der Waals surface area contributed by atoms with E-state index < -0.39 is 0 Å². The van der Waals surface area contributed by atoms with Crippen LogP contribution < -0.4 is 16.1 Å². The maximum atomic E-state index is 5.91. The van der Waals surface area contributed by atoms with Crippen molar-refractivity contribution in [3.63, 3.8) is 0 Å². The van der Waals surface area contributed by atoms with Crippen LogP contribution in [0.25, 0.3) is 11.4 Å². The Morgan fingerprint density at radius 1 is 0.962 bits per heavy atom. The summed E-state index contributed by atoms with van der Waals surface area (Å²) in [6.45, 7) is 2.34. The summed E-state index contributed by atoms with van der Waals surface area (Å²) < 4.78 is 3.49. The lowest BCUT2D eigenvalue weighted by atomic mass is 10.3. The molecular weight excluding hydrogens is 332 g/mol. The molecule has 0 amide bonds. The highest BCUT2D eigenvalue weighted by atomic mass is 15.5. The van der Waals surface area contributed by atoms with E-state index in [9.17, 15) is 0 Å². The zero-order valence-electron chi connectivity index (χ0n) is 14.1. The van der Waals surface area contributed by atoms with E-state index in [0.29, 0.717) is 18.2 Å². The zero-order chi connectivity index (χ0) is 18.1. The smallest absolute Gasteiger partial charge is 0.161 e. The summed E-state index contributed by atoms with van der Waals surface area (Å²) in [5.41, 5.74) is 14.9. The first kappa shape index (κ1) is 15.7. The van der Waals surface area contributed by atoms with Crippen molar-refractivity contribution in [2.24, 2.45) is 0 Å². The van der Waals surface area contributed by atoms with Gasteiger partial charge in [-0.3, -0.25) is 0 Å². The van der Waals surface area contributed by atoms with E-state index >= 15 is 0 Å². The Balaban J connectivity index is 1.61. The highest BCUT2D eigenvalue weighted by Gasteiger charge is 2.13. The largest absolute Gasteiger partial charge is 0.384 e. The van der Waals surface area contributed by atoms with E-state index in [1.165, 1.54) is 4.80 Å². The number of nitrogens with two attached hydrogens (primary N) is 2. The summed E-state index contributed by atoms with van der Waals surface area (Å²) >= 11 is 0. The van der Waals surface area contributed by atoms with Crippen LogP contribution in [0.5, 0.6) is 0 Å². The van der Waals surface area contributed by atoms with E-state index in [-0.39, 0.29) is 0 Å². The van der Waals surface area contributed by atoms with Gasteiger partial charge >= 0.3 is 0 Å². The fourth-order valence-corrected chi connectivity index (χ4v) is 2.66. The molecular formula is C16H17N10+. The molecule has 0 aliphatic rings. The van der Waals surface area contributed by atoms with Crippen LogP contribution in [0.1, 0.15) is 11.4 Å². The van der Waals surface area contributed by atoms with Gasteiger partial charge in [-0.05, 0) is 13.0 Å². The van der Waals surface area contributed by atoms with E-state index in [2.05, 4.69) is 25.4 Å².